The average Bonchev–Trinajstić information content (AvgIpc) is 2.48. The zero-order chi connectivity index (χ0) is 16.4. The molecule has 4 N–H and O–H groups in total. The fourth-order valence-corrected chi connectivity index (χ4v) is 3.37. The Morgan fingerprint density at radius 1 is 0.773 bits per heavy atom. The van der Waals surface area contributed by atoms with Crippen molar-refractivity contribution >= 4 is 46.3 Å². The second-order valence-electron chi connectivity index (χ2n) is 4.09. The molecule has 5 nitrogen and oxygen atoms in total. The van der Waals surface area contributed by atoms with Gasteiger partial charge in [-0.05, 0) is 24.3 Å². The van der Waals surface area contributed by atoms with Gasteiger partial charge in [-0.1, -0.05) is 24.4 Å². The van der Waals surface area contributed by atoms with Crippen molar-refractivity contribution in [3.05, 3.63) is 35.4 Å². The highest BCUT2D eigenvalue weighted by Crippen LogP contribution is 2.44. The highest BCUT2D eigenvalue weighted by Gasteiger charge is 2.32. The zero-order valence-corrected chi connectivity index (χ0v) is 13.2. The summed E-state index contributed by atoms with van der Waals surface area (Å²) in [5, 5.41) is 44.2. The van der Waals surface area contributed by atoms with Crippen molar-refractivity contribution in [3.63, 3.8) is 0 Å². The number of phenols is 4. The maximum absolute atomic E-state index is 12.6. The van der Waals surface area contributed by atoms with Crippen LogP contribution >= 0.6 is 24.4 Å². The SMILES string of the molecule is [O-][S+](c1c(O)ccc([C]=S)c1O)c1c(O)ccc([C]=S)c1O. The molecule has 0 aliphatic rings. The van der Waals surface area contributed by atoms with E-state index in [4.69, 9.17) is 0 Å². The Hall–Kier alpha value is -1.87. The number of aromatic hydroxyl groups is 4. The summed E-state index contributed by atoms with van der Waals surface area (Å²) in [5.74, 6) is -2.08. The Morgan fingerprint density at radius 2 is 1.14 bits per heavy atom. The van der Waals surface area contributed by atoms with Crippen LogP contribution in [0.25, 0.3) is 0 Å². The van der Waals surface area contributed by atoms with E-state index in [0.29, 0.717) is 0 Å². The number of hydrogen-bond donors (Lipinski definition) is 4. The van der Waals surface area contributed by atoms with E-state index in [2.05, 4.69) is 35.2 Å². The lowest BCUT2D eigenvalue weighted by Gasteiger charge is -2.16. The first-order valence-corrected chi connectivity index (χ1v) is 7.67. The van der Waals surface area contributed by atoms with Crippen LogP contribution in [0.4, 0.5) is 0 Å². The minimum atomic E-state index is -2.29. The molecule has 0 saturated carbocycles. The van der Waals surface area contributed by atoms with Crippen LogP contribution in [0, 0.1) is 0 Å². The van der Waals surface area contributed by atoms with Gasteiger partial charge in [0.25, 0.3) is 0 Å². The lowest BCUT2D eigenvalue weighted by Crippen LogP contribution is -2.06. The summed E-state index contributed by atoms with van der Waals surface area (Å²) >= 11 is 6.89. The maximum atomic E-state index is 12.6. The molecule has 0 saturated heterocycles. The predicted octanol–water partition coefficient (Wildman–Crippen LogP) is 2.13. The molecule has 0 aliphatic carbocycles. The van der Waals surface area contributed by atoms with Gasteiger partial charge in [-0.15, -0.1) is 0 Å². The monoisotopic (exact) mass is 352 g/mol. The van der Waals surface area contributed by atoms with Crippen molar-refractivity contribution < 1.29 is 25.0 Å². The summed E-state index contributed by atoms with van der Waals surface area (Å²) in [6, 6.07) is 4.92. The Morgan fingerprint density at radius 3 is 1.45 bits per heavy atom. The van der Waals surface area contributed by atoms with Crippen molar-refractivity contribution in [2.45, 2.75) is 9.79 Å². The van der Waals surface area contributed by atoms with Gasteiger partial charge in [0.05, 0.1) is 10.7 Å². The fraction of sp³-hybridized carbons (Fsp3) is 0. The number of hydrogen-bond acceptors (Lipinski definition) is 7. The van der Waals surface area contributed by atoms with Gasteiger partial charge in [0, 0.05) is 22.3 Å². The van der Waals surface area contributed by atoms with E-state index in [1.807, 2.05) is 0 Å². The van der Waals surface area contributed by atoms with Crippen molar-refractivity contribution in [1.29, 1.82) is 0 Å². The molecule has 112 valence electrons. The number of phenolic OH excluding ortho intramolecular Hbond substituents is 4. The van der Waals surface area contributed by atoms with Gasteiger partial charge < -0.3 is 25.0 Å². The standard InChI is InChI=1S/C14H8O5S3/c15-9-3-1-7(5-20)11(17)13(9)22(19)14-10(16)4-2-8(6-21)12(14)18/h1-4,15-18H. The third kappa shape index (κ3) is 2.73. The molecule has 0 unspecified atom stereocenters. The quantitative estimate of drug-likeness (QED) is 0.493. The molecular formula is C14H8O5S3. The third-order valence-electron chi connectivity index (χ3n) is 2.81. The lowest BCUT2D eigenvalue weighted by atomic mass is 10.2. The van der Waals surface area contributed by atoms with Gasteiger partial charge >= 0.3 is 0 Å². The fourth-order valence-electron chi connectivity index (χ4n) is 1.75. The molecule has 0 fully saturated rings. The molecule has 2 aromatic carbocycles. The Balaban J connectivity index is 2.70. The van der Waals surface area contributed by atoms with Gasteiger partial charge in [0.1, 0.15) is 0 Å². The molecule has 2 aromatic rings. The van der Waals surface area contributed by atoms with Crippen molar-refractivity contribution in [1.82, 2.24) is 0 Å². The lowest BCUT2D eigenvalue weighted by molar-refractivity contribution is 0.414. The predicted molar refractivity (Wildman–Crippen MR) is 87.6 cm³/mol. The van der Waals surface area contributed by atoms with Crippen molar-refractivity contribution in [2.24, 2.45) is 0 Å². The molecule has 0 atom stereocenters. The van der Waals surface area contributed by atoms with E-state index >= 15 is 0 Å². The van der Waals surface area contributed by atoms with Gasteiger partial charge in [-0.2, -0.15) is 0 Å². The molecule has 0 amide bonds. The molecule has 0 bridgehead atoms. The first kappa shape index (κ1) is 16.5. The van der Waals surface area contributed by atoms with Crippen LogP contribution in [0.2, 0.25) is 0 Å². The van der Waals surface area contributed by atoms with E-state index in [9.17, 15) is 25.0 Å². The number of benzene rings is 2. The van der Waals surface area contributed by atoms with E-state index in [0.717, 1.165) is 0 Å². The van der Waals surface area contributed by atoms with Gasteiger partial charge in [-0.3, -0.25) is 0 Å². The molecule has 2 rings (SSSR count). The smallest absolute Gasteiger partial charge is 0.242 e. The maximum Gasteiger partial charge on any atom is 0.242 e. The third-order valence-corrected chi connectivity index (χ3v) is 4.80. The van der Waals surface area contributed by atoms with Crippen LogP contribution in [-0.2, 0) is 11.2 Å². The normalized spacial score (nSPS) is 10.6. The minimum Gasteiger partial charge on any atom is -0.606 e. The summed E-state index contributed by atoms with van der Waals surface area (Å²) < 4.78 is 12.6. The summed E-state index contributed by atoms with van der Waals surface area (Å²) in [4.78, 5) is -0.802. The second-order valence-corrected chi connectivity index (χ2v) is 5.86. The minimum absolute atomic E-state index is 0.0488. The highest BCUT2D eigenvalue weighted by molar-refractivity contribution is 7.92. The van der Waals surface area contributed by atoms with Crippen molar-refractivity contribution in [2.75, 3.05) is 0 Å². The van der Waals surface area contributed by atoms with Crippen LogP contribution in [-0.4, -0.2) is 35.7 Å². The summed E-state index contributed by atoms with van der Waals surface area (Å²) in [6.07, 6.45) is 0. The van der Waals surface area contributed by atoms with Crippen molar-refractivity contribution in [3.8, 4) is 23.0 Å². The van der Waals surface area contributed by atoms with Gasteiger partial charge in [0.15, 0.2) is 23.0 Å². The molecule has 2 radical (unpaired) electrons. The van der Waals surface area contributed by atoms with Gasteiger partial charge in [-0.25, -0.2) is 0 Å². The van der Waals surface area contributed by atoms with Crippen LogP contribution in [0.3, 0.4) is 0 Å². The molecule has 0 aliphatic heterocycles. The average molecular weight is 352 g/mol. The molecule has 0 aromatic heterocycles. The first-order valence-electron chi connectivity index (χ1n) is 5.70. The summed E-state index contributed by atoms with van der Waals surface area (Å²) in [5.41, 5.74) is 0.0976. The molecule has 22 heavy (non-hydrogen) atoms. The van der Waals surface area contributed by atoms with Gasteiger partial charge in [0.2, 0.25) is 9.79 Å². The number of thiocarbonyl (C=S) groups is 2. The van der Waals surface area contributed by atoms with Crippen LogP contribution < -0.4 is 0 Å². The Bertz CT molecular complexity index is 697. The molecule has 0 spiro atoms. The Labute approximate surface area is 139 Å². The molecule has 0 heterocycles. The van der Waals surface area contributed by atoms with Crippen LogP contribution in [0.15, 0.2) is 34.1 Å². The second kappa shape index (κ2) is 6.49. The van der Waals surface area contributed by atoms with Crippen LogP contribution in [0.1, 0.15) is 11.1 Å². The molecule has 8 heteroatoms. The van der Waals surface area contributed by atoms with E-state index in [-0.39, 0.29) is 11.1 Å². The Kier molecular flexibility index (Phi) is 4.87. The zero-order valence-electron chi connectivity index (χ0n) is 10.7. The molecular weight excluding hydrogens is 344 g/mol. The largest absolute Gasteiger partial charge is 0.606 e. The summed E-state index contributed by atoms with van der Waals surface area (Å²) in [7, 11) is 0. The summed E-state index contributed by atoms with van der Waals surface area (Å²) in [6.45, 7) is 0. The van der Waals surface area contributed by atoms with E-state index in [1.165, 1.54) is 24.3 Å². The van der Waals surface area contributed by atoms with Crippen LogP contribution in [0.5, 0.6) is 23.0 Å². The van der Waals surface area contributed by atoms with E-state index in [1.54, 1.807) is 0 Å². The topological polar surface area (TPSA) is 104 Å². The highest BCUT2D eigenvalue weighted by atomic mass is 32.2. The van der Waals surface area contributed by atoms with E-state index < -0.39 is 44.0 Å². The first-order chi connectivity index (χ1) is 10.4. The number of rotatable bonds is 4.